The van der Waals surface area contributed by atoms with E-state index in [1.807, 2.05) is 0 Å². The van der Waals surface area contributed by atoms with Crippen molar-refractivity contribution in [2.24, 2.45) is 21.9 Å². The van der Waals surface area contributed by atoms with E-state index in [0.29, 0.717) is 6.54 Å². The Bertz CT molecular complexity index is 123. The Hall–Kier alpha value is -0.730. The molecular formula is C7H17N3. The van der Waals surface area contributed by atoms with Crippen LogP contribution in [0.25, 0.3) is 0 Å². The van der Waals surface area contributed by atoms with Crippen LogP contribution in [0, 0.1) is 5.41 Å². The van der Waals surface area contributed by atoms with E-state index in [-0.39, 0.29) is 11.4 Å². The van der Waals surface area contributed by atoms with Crippen LogP contribution < -0.4 is 11.5 Å². The third-order valence-electron chi connectivity index (χ3n) is 1.65. The van der Waals surface area contributed by atoms with Gasteiger partial charge in [-0.1, -0.05) is 20.8 Å². The molecular weight excluding hydrogens is 126 g/mol. The minimum Gasteiger partial charge on any atom is -0.370 e. The summed E-state index contributed by atoms with van der Waals surface area (Å²) in [4.78, 5) is 3.94. The van der Waals surface area contributed by atoms with Gasteiger partial charge in [0.2, 0.25) is 0 Å². The second-order valence-corrected chi connectivity index (χ2v) is 3.26. The van der Waals surface area contributed by atoms with E-state index in [1.165, 1.54) is 0 Å². The molecule has 0 aromatic heterocycles. The van der Waals surface area contributed by atoms with Crippen LogP contribution in [0.2, 0.25) is 0 Å². The van der Waals surface area contributed by atoms with Crippen LogP contribution in [0.4, 0.5) is 0 Å². The lowest BCUT2D eigenvalue weighted by Crippen LogP contribution is -2.25. The van der Waals surface area contributed by atoms with Crippen LogP contribution in [0.1, 0.15) is 27.2 Å². The molecule has 0 aliphatic rings. The molecule has 0 aromatic carbocycles. The van der Waals surface area contributed by atoms with Crippen molar-refractivity contribution in [3.63, 3.8) is 0 Å². The Morgan fingerprint density at radius 1 is 1.40 bits per heavy atom. The third kappa shape index (κ3) is 4.18. The fourth-order valence-corrected chi connectivity index (χ4v) is 0.417. The molecule has 0 amide bonds. The molecule has 0 aliphatic heterocycles. The van der Waals surface area contributed by atoms with Gasteiger partial charge in [-0.3, -0.25) is 4.99 Å². The predicted octanol–water partition coefficient (Wildman–Crippen LogP) is 0.696. The first-order valence-electron chi connectivity index (χ1n) is 3.53. The first kappa shape index (κ1) is 9.27. The van der Waals surface area contributed by atoms with Gasteiger partial charge in [0.05, 0.1) is 0 Å². The van der Waals surface area contributed by atoms with Gasteiger partial charge < -0.3 is 11.5 Å². The normalized spacial score (nSPS) is 11.1. The molecule has 4 N–H and O–H groups in total. The molecule has 0 heterocycles. The second kappa shape index (κ2) is 3.44. The van der Waals surface area contributed by atoms with Crippen LogP contribution in [0.3, 0.4) is 0 Å². The van der Waals surface area contributed by atoms with Crippen molar-refractivity contribution in [1.29, 1.82) is 0 Å². The lowest BCUT2D eigenvalue weighted by Gasteiger charge is -2.19. The number of rotatable bonds is 3. The number of hydrogen-bond acceptors (Lipinski definition) is 1. The lowest BCUT2D eigenvalue weighted by atomic mass is 9.91. The van der Waals surface area contributed by atoms with Gasteiger partial charge in [0.25, 0.3) is 0 Å². The number of guanidine groups is 1. The molecule has 0 aliphatic carbocycles. The van der Waals surface area contributed by atoms with Gasteiger partial charge in [-0.15, -0.1) is 0 Å². The molecule has 0 aromatic rings. The van der Waals surface area contributed by atoms with Crippen molar-refractivity contribution in [2.45, 2.75) is 27.2 Å². The van der Waals surface area contributed by atoms with Gasteiger partial charge in [0.15, 0.2) is 5.96 Å². The predicted molar refractivity (Wildman–Crippen MR) is 44.7 cm³/mol. The first-order valence-corrected chi connectivity index (χ1v) is 3.53. The fraction of sp³-hybridized carbons (Fsp3) is 0.857. The monoisotopic (exact) mass is 143 g/mol. The van der Waals surface area contributed by atoms with E-state index in [4.69, 9.17) is 11.5 Å². The zero-order valence-electron chi connectivity index (χ0n) is 7.02. The Morgan fingerprint density at radius 2 is 1.90 bits per heavy atom. The molecule has 0 spiro atoms. The van der Waals surface area contributed by atoms with Crippen LogP contribution in [-0.2, 0) is 0 Å². The lowest BCUT2D eigenvalue weighted by molar-refractivity contribution is 0.366. The Morgan fingerprint density at radius 3 is 2.20 bits per heavy atom. The Kier molecular flexibility index (Phi) is 3.19. The summed E-state index contributed by atoms with van der Waals surface area (Å²) in [5, 5.41) is 0. The highest BCUT2D eigenvalue weighted by atomic mass is 15.0. The second-order valence-electron chi connectivity index (χ2n) is 3.26. The van der Waals surface area contributed by atoms with E-state index in [9.17, 15) is 0 Å². The van der Waals surface area contributed by atoms with Gasteiger partial charge in [0.1, 0.15) is 0 Å². The quantitative estimate of drug-likeness (QED) is 0.451. The maximum atomic E-state index is 5.18. The van der Waals surface area contributed by atoms with Crippen molar-refractivity contribution in [3.8, 4) is 0 Å². The molecule has 60 valence electrons. The Labute approximate surface area is 62.5 Å². The molecule has 0 saturated heterocycles. The highest BCUT2D eigenvalue weighted by Crippen LogP contribution is 2.19. The zero-order chi connectivity index (χ0) is 8.20. The topological polar surface area (TPSA) is 64.4 Å². The van der Waals surface area contributed by atoms with Crippen molar-refractivity contribution >= 4 is 5.96 Å². The molecule has 10 heavy (non-hydrogen) atoms. The molecule has 3 heteroatoms. The van der Waals surface area contributed by atoms with Crippen molar-refractivity contribution in [3.05, 3.63) is 0 Å². The summed E-state index contributed by atoms with van der Waals surface area (Å²) in [6, 6.07) is 0. The van der Waals surface area contributed by atoms with E-state index in [1.54, 1.807) is 0 Å². The largest absolute Gasteiger partial charge is 0.370 e. The smallest absolute Gasteiger partial charge is 0.185 e. The molecule has 0 unspecified atom stereocenters. The van der Waals surface area contributed by atoms with E-state index >= 15 is 0 Å². The molecule has 0 saturated carbocycles. The molecule has 3 nitrogen and oxygen atoms in total. The van der Waals surface area contributed by atoms with E-state index in [0.717, 1.165) is 6.42 Å². The first-order chi connectivity index (χ1) is 4.48. The minimum atomic E-state index is 0.182. The molecule has 0 atom stereocenters. The number of nitrogens with zero attached hydrogens (tertiary/aromatic N) is 1. The summed E-state index contributed by atoms with van der Waals surface area (Å²) in [6.45, 7) is 7.12. The summed E-state index contributed by atoms with van der Waals surface area (Å²) >= 11 is 0. The third-order valence-corrected chi connectivity index (χ3v) is 1.65. The van der Waals surface area contributed by atoms with Gasteiger partial charge in [-0.25, -0.2) is 0 Å². The van der Waals surface area contributed by atoms with Crippen molar-refractivity contribution in [1.82, 2.24) is 0 Å². The summed E-state index contributed by atoms with van der Waals surface area (Å²) in [6.07, 6.45) is 1.09. The molecule has 0 rings (SSSR count). The van der Waals surface area contributed by atoms with Gasteiger partial charge >= 0.3 is 0 Å². The van der Waals surface area contributed by atoms with Crippen molar-refractivity contribution < 1.29 is 0 Å². The number of hydrogen-bond donors (Lipinski definition) is 2. The van der Waals surface area contributed by atoms with Crippen LogP contribution in [0.5, 0.6) is 0 Å². The molecule has 0 radical (unpaired) electrons. The van der Waals surface area contributed by atoms with Crippen LogP contribution in [0.15, 0.2) is 4.99 Å². The highest BCUT2D eigenvalue weighted by Gasteiger charge is 2.13. The highest BCUT2D eigenvalue weighted by molar-refractivity contribution is 5.75. The van der Waals surface area contributed by atoms with E-state index in [2.05, 4.69) is 25.8 Å². The summed E-state index contributed by atoms with van der Waals surface area (Å²) in [5.41, 5.74) is 10.6. The zero-order valence-corrected chi connectivity index (χ0v) is 7.02. The summed E-state index contributed by atoms with van der Waals surface area (Å²) in [5.74, 6) is 0.182. The average molecular weight is 143 g/mol. The number of aliphatic imine (C=N–C) groups is 1. The fourth-order valence-electron chi connectivity index (χ4n) is 0.417. The number of nitrogens with two attached hydrogens (primary N) is 2. The molecule has 0 fully saturated rings. The standard InChI is InChI=1S/C7H17N3/c1-4-7(2,3)5-10-6(8)9/h4-5H2,1-3H3,(H4,8,9,10). The van der Waals surface area contributed by atoms with Gasteiger partial charge in [-0.2, -0.15) is 0 Å². The molecule has 0 bridgehead atoms. The Balaban J connectivity index is 3.78. The van der Waals surface area contributed by atoms with Gasteiger partial charge in [-0.05, 0) is 11.8 Å². The summed E-state index contributed by atoms with van der Waals surface area (Å²) < 4.78 is 0. The summed E-state index contributed by atoms with van der Waals surface area (Å²) in [7, 11) is 0. The minimum absolute atomic E-state index is 0.182. The maximum Gasteiger partial charge on any atom is 0.185 e. The SMILES string of the molecule is CCC(C)(C)CN=C(N)N. The van der Waals surface area contributed by atoms with Crippen LogP contribution >= 0.6 is 0 Å². The van der Waals surface area contributed by atoms with Crippen LogP contribution in [-0.4, -0.2) is 12.5 Å². The average Bonchev–Trinajstić information content (AvgIpc) is 1.85. The van der Waals surface area contributed by atoms with Gasteiger partial charge in [0, 0.05) is 6.54 Å². The maximum absolute atomic E-state index is 5.18. The van der Waals surface area contributed by atoms with Crippen molar-refractivity contribution in [2.75, 3.05) is 6.54 Å². The van der Waals surface area contributed by atoms with E-state index < -0.39 is 0 Å².